The molecule has 2 aromatic rings. The first kappa shape index (κ1) is 14.3. The van der Waals surface area contributed by atoms with Gasteiger partial charge in [0.25, 0.3) is 5.91 Å². The molecule has 5 heteroatoms. The van der Waals surface area contributed by atoms with Crippen LogP contribution in [0, 0.1) is 6.92 Å². The summed E-state index contributed by atoms with van der Waals surface area (Å²) in [4.78, 5) is 17.9. The molecule has 0 bridgehead atoms. The number of halogens is 1. The third-order valence-corrected chi connectivity index (χ3v) is 3.22. The zero-order valence-electron chi connectivity index (χ0n) is 11.4. The Labute approximate surface area is 123 Å². The van der Waals surface area contributed by atoms with Crippen molar-refractivity contribution in [2.75, 3.05) is 12.8 Å². The molecule has 0 radical (unpaired) electrons. The van der Waals surface area contributed by atoms with Crippen molar-refractivity contribution in [3.05, 3.63) is 58.2 Å². The number of benzene rings is 1. The van der Waals surface area contributed by atoms with E-state index in [9.17, 15) is 4.79 Å². The number of rotatable bonds is 3. The zero-order chi connectivity index (χ0) is 14.7. The quantitative estimate of drug-likeness (QED) is 0.945. The Kier molecular flexibility index (Phi) is 4.25. The third kappa shape index (κ3) is 3.27. The monoisotopic (exact) mass is 289 g/mol. The number of aromatic nitrogens is 1. The van der Waals surface area contributed by atoms with Crippen LogP contribution in [0.3, 0.4) is 0 Å². The molecule has 4 nitrogen and oxygen atoms in total. The van der Waals surface area contributed by atoms with Gasteiger partial charge < -0.3 is 10.6 Å². The summed E-state index contributed by atoms with van der Waals surface area (Å²) in [7, 11) is 1.71. The Morgan fingerprint density at radius 1 is 1.35 bits per heavy atom. The first-order chi connectivity index (χ1) is 9.47. The Morgan fingerprint density at radius 3 is 2.80 bits per heavy atom. The van der Waals surface area contributed by atoms with E-state index in [2.05, 4.69) is 4.98 Å². The molecule has 1 amide bonds. The third-order valence-electron chi connectivity index (χ3n) is 2.92. The Hall–Kier alpha value is -2.07. The summed E-state index contributed by atoms with van der Waals surface area (Å²) in [6.45, 7) is 2.51. The highest BCUT2D eigenvalue weighted by Gasteiger charge is 2.17. The van der Waals surface area contributed by atoms with Crippen LogP contribution in [0.5, 0.6) is 0 Å². The number of hydrogen-bond donors (Lipinski definition) is 1. The van der Waals surface area contributed by atoms with Gasteiger partial charge >= 0.3 is 0 Å². The maximum absolute atomic E-state index is 12.3. The van der Waals surface area contributed by atoms with Gasteiger partial charge in [0.2, 0.25) is 0 Å². The highest BCUT2D eigenvalue weighted by Crippen LogP contribution is 2.18. The molecule has 2 rings (SSSR count). The summed E-state index contributed by atoms with van der Waals surface area (Å²) in [6.07, 6.45) is 0. The highest BCUT2D eigenvalue weighted by atomic mass is 35.5. The van der Waals surface area contributed by atoms with Crippen LogP contribution in [0.2, 0.25) is 5.02 Å². The molecule has 0 unspecified atom stereocenters. The van der Waals surface area contributed by atoms with Crippen LogP contribution in [-0.2, 0) is 6.54 Å². The van der Waals surface area contributed by atoms with Crippen LogP contribution in [-0.4, -0.2) is 22.8 Å². The lowest BCUT2D eigenvalue weighted by molar-refractivity contribution is 0.0779. The fourth-order valence-corrected chi connectivity index (χ4v) is 2.13. The summed E-state index contributed by atoms with van der Waals surface area (Å²) in [5.74, 6) is 0.0329. The Balaban J connectivity index is 2.18. The van der Waals surface area contributed by atoms with Crippen molar-refractivity contribution >= 4 is 23.3 Å². The van der Waals surface area contributed by atoms with Crippen LogP contribution in [0.25, 0.3) is 0 Å². The van der Waals surface area contributed by atoms with Crippen LogP contribution in [0.1, 0.15) is 21.6 Å². The van der Waals surface area contributed by atoms with Crippen molar-refractivity contribution in [3.63, 3.8) is 0 Å². The summed E-state index contributed by atoms with van der Waals surface area (Å²) in [5, 5.41) is 0.306. The molecule has 0 aliphatic heterocycles. The molecular formula is C15H16ClN3O. The first-order valence-electron chi connectivity index (χ1n) is 6.20. The minimum atomic E-state index is -0.246. The molecule has 0 aliphatic rings. The molecule has 0 saturated heterocycles. The normalized spacial score (nSPS) is 10.3. The molecule has 1 heterocycles. The van der Waals surface area contributed by atoms with E-state index < -0.39 is 0 Å². The summed E-state index contributed by atoms with van der Waals surface area (Å²) < 4.78 is 0. The summed E-state index contributed by atoms with van der Waals surface area (Å²) in [5.41, 5.74) is 7.99. The maximum Gasteiger partial charge on any atom is 0.274 e. The van der Waals surface area contributed by atoms with Crippen LogP contribution < -0.4 is 5.73 Å². The van der Waals surface area contributed by atoms with E-state index in [1.807, 2.05) is 31.2 Å². The molecule has 0 fully saturated rings. The van der Waals surface area contributed by atoms with Gasteiger partial charge in [-0.3, -0.25) is 4.79 Å². The van der Waals surface area contributed by atoms with E-state index in [0.29, 0.717) is 11.6 Å². The van der Waals surface area contributed by atoms with Gasteiger partial charge in [-0.1, -0.05) is 41.4 Å². The first-order valence-corrected chi connectivity index (χ1v) is 6.58. The smallest absolute Gasteiger partial charge is 0.274 e. The number of aryl methyl sites for hydroxylation is 1. The molecule has 2 N–H and O–H groups in total. The largest absolute Gasteiger partial charge is 0.384 e. The predicted octanol–water partition coefficient (Wildman–Crippen LogP) is 2.90. The predicted molar refractivity (Wildman–Crippen MR) is 80.6 cm³/mol. The van der Waals surface area contributed by atoms with Crippen molar-refractivity contribution in [3.8, 4) is 0 Å². The molecule has 0 atom stereocenters. The van der Waals surface area contributed by atoms with Crippen molar-refractivity contribution < 1.29 is 4.79 Å². The highest BCUT2D eigenvalue weighted by molar-refractivity contribution is 6.33. The summed E-state index contributed by atoms with van der Waals surface area (Å²) >= 11 is 6.00. The lowest BCUT2D eigenvalue weighted by Gasteiger charge is -2.17. The van der Waals surface area contributed by atoms with Gasteiger partial charge in [-0.2, -0.15) is 0 Å². The molecule has 104 valence electrons. The molecule has 0 spiro atoms. The second-order valence-electron chi connectivity index (χ2n) is 4.72. The Bertz CT molecular complexity index is 643. The summed E-state index contributed by atoms with van der Waals surface area (Å²) in [6, 6.07) is 11.1. The van der Waals surface area contributed by atoms with E-state index >= 15 is 0 Å². The van der Waals surface area contributed by atoms with Crippen LogP contribution in [0.4, 0.5) is 5.82 Å². The number of carbonyl (C=O) groups excluding carboxylic acids is 1. The van der Waals surface area contributed by atoms with Gasteiger partial charge in [0.15, 0.2) is 0 Å². The number of anilines is 1. The number of amides is 1. The molecular weight excluding hydrogens is 274 g/mol. The topological polar surface area (TPSA) is 59.2 Å². The minimum absolute atomic E-state index is 0.182. The van der Waals surface area contributed by atoms with Crippen LogP contribution in [0.15, 0.2) is 36.4 Å². The lowest BCUT2D eigenvalue weighted by Crippen LogP contribution is -2.27. The van der Waals surface area contributed by atoms with Crippen molar-refractivity contribution in [1.82, 2.24) is 9.88 Å². The van der Waals surface area contributed by atoms with E-state index in [1.165, 1.54) is 0 Å². The van der Waals surface area contributed by atoms with Gasteiger partial charge in [0.1, 0.15) is 11.5 Å². The number of nitrogens with zero attached hydrogens (tertiary/aromatic N) is 2. The number of hydrogen-bond acceptors (Lipinski definition) is 3. The molecule has 1 aromatic carbocycles. The number of pyridine rings is 1. The molecule has 0 saturated carbocycles. The van der Waals surface area contributed by atoms with Gasteiger partial charge in [0.05, 0.1) is 5.02 Å². The number of carbonyl (C=O) groups is 1. The van der Waals surface area contributed by atoms with Crippen LogP contribution >= 0.6 is 11.6 Å². The minimum Gasteiger partial charge on any atom is -0.384 e. The van der Waals surface area contributed by atoms with Crippen molar-refractivity contribution in [1.29, 1.82) is 0 Å². The Morgan fingerprint density at radius 2 is 2.10 bits per heavy atom. The van der Waals surface area contributed by atoms with E-state index in [0.717, 1.165) is 11.1 Å². The fraction of sp³-hybridized carbons (Fsp3) is 0.200. The van der Waals surface area contributed by atoms with Gasteiger partial charge in [0, 0.05) is 13.6 Å². The molecule has 0 aliphatic carbocycles. The molecule has 20 heavy (non-hydrogen) atoms. The second-order valence-corrected chi connectivity index (χ2v) is 5.12. The number of nitrogens with two attached hydrogens (primary N) is 1. The van der Waals surface area contributed by atoms with E-state index in [4.69, 9.17) is 17.3 Å². The SMILES string of the molecule is Cc1cccc(CN(C)C(=O)c2nc(N)ccc2Cl)c1. The standard InChI is InChI=1S/C15H16ClN3O/c1-10-4-3-5-11(8-10)9-19(2)15(20)14-12(16)6-7-13(17)18-14/h3-8H,9H2,1-2H3,(H2,17,18). The van der Waals surface area contributed by atoms with E-state index in [1.54, 1.807) is 24.1 Å². The van der Waals surface area contributed by atoms with Gasteiger partial charge in [-0.15, -0.1) is 0 Å². The zero-order valence-corrected chi connectivity index (χ0v) is 12.2. The average Bonchev–Trinajstić information content (AvgIpc) is 2.40. The average molecular weight is 290 g/mol. The number of nitrogen functional groups attached to an aromatic ring is 1. The lowest BCUT2D eigenvalue weighted by atomic mass is 10.1. The van der Waals surface area contributed by atoms with Gasteiger partial charge in [-0.25, -0.2) is 4.98 Å². The van der Waals surface area contributed by atoms with Crippen molar-refractivity contribution in [2.24, 2.45) is 0 Å². The molecule has 1 aromatic heterocycles. The van der Waals surface area contributed by atoms with Gasteiger partial charge in [-0.05, 0) is 24.6 Å². The fourth-order valence-electron chi connectivity index (χ4n) is 1.94. The van der Waals surface area contributed by atoms with E-state index in [-0.39, 0.29) is 17.4 Å². The van der Waals surface area contributed by atoms with Crippen molar-refractivity contribution in [2.45, 2.75) is 13.5 Å². The second kappa shape index (κ2) is 5.92. The maximum atomic E-state index is 12.3.